The first kappa shape index (κ1) is 14.2. The van der Waals surface area contributed by atoms with Crippen LogP contribution < -0.4 is 0 Å². The predicted octanol–water partition coefficient (Wildman–Crippen LogP) is 0.893. The number of Topliss-reactive ketones (excluding diaryl/α,β-unsaturated/α-hetero) is 1. The molecule has 106 valence electrons. The summed E-state index contributed by atoms with van der Waals surface area (Å²) in [6.45, 7) is 4.97. The molecule has 0 unspecified atom stereocenters. The monoisotopic (exact) mass is 285 g/mol. The number of ketones is 1. The molecule has 1 aromatic heterocycles. The number of rotatable bonds is 4. The van der Waals surface area contributed by atoms with Gasteiger partial charge in [0.25, 0.3) is 10.0 Å². The molecule has 1 aliphatic heterocycles. The van der Waals surface area contributed by atoms with E-state index in [4.69, 9.17) is 0 Å². The molecule has 1 aromatic rings. The third-order valence-corrected chi connectivity index (χ3v) is 5.39. The van der Waals surface area contributed by atoms with Crippen molar-refractivity contribution >= 4 is 15.8 Å². The Labute approximate surface area is 113 Å². The molecular weight excluding hydrogens is 266 g/mol. The van der Waals surface area contributed by atoms with Gasteiger partial charge in [0.1, 0.15) is 5.78 Å². The quantitative estimate of drug-likeness (QED) is 0.823. The highest BCUT2D eigenvalue weighted by atomic mass is 32.2. The fourth-order valence-electron chi connectivity index (χ4n) is 2.28. The average Bonchev–Trinajstić information content (AvgIpc) is 2.88. The van der Waals surface area contributed by atoms with Crippen molar-refractivity contribution in [3.8, 4) is 0 Å². The van der Waals surface area contributed by atoms with Gasteiger partial charge in [-0.05, 0) is 26.7 Å². The number of imidazole rings is 1. The molecule has 0 N–H and O–H groups in total. The van der Waals surface area contributed by atoms with Gasteiger partial charge in [0.2, 0.25) is 0 Å². The van der Waals surface area contributed by atoms with E-state index in [2.05, 4.69) is 4.98 Å². The van der Waals surface area contributed by atoms with Crippen LogP contribution in [0.3, 0.4) is 0 Å². The molecule has 2 rings (SSSR count). The number of piperidine rings is 1. The van der Waals surface area contributed by atoms with Crippen LogP contribution in [0, 0.1) is 5.92 Å². The van der Waals surface area contributed by atoms with E-state index in [-0.39, 0.29) is 16.7 Å². The standard InChI is InChI=1S/C12H19N3O3S/c1-3-14-8-12(13-9-14)19(17,18)15-6-4-11(5-7-15)10(2)16/h8-9,11H,3-7H2,1-2H3. The summed E-state index contributed by atoms with van der Waals surface area (Å²) < 4.78 is 27.9. The molecule has 2 heterocycles. The molecule has 0 saturated carbocycles. The maximum atomic E-state index is 12.4. The van der Waals surface area contributed by atoms with Crippen molar-refractivity contribution < 1.29 is 13.2 Å². The molecule has 19 heavy (non-hydrogen) atoms. The minimum absolute atomic E-state index is 0.000325. The number of carbonyl (C=O) groups excluding carboxylic acids is 1. The second-order valence-electron chi connectivity index (χ2n) is 4.83. The molecule has 0 aliphatic carbocycles. The van der Waals surface area contributed by atoms with Gasteiger partial charge in [0, 0.05) is 31.7 Å². The maximum Gasteiger partial charge on any atom is 0.262 e. The largest absolute Gasteiger partial charge is 0.336 e. The van der Waals surface area contributed by atoms with Crippen LogP contribution in [-0.4, -0.2) is 41.1 Å². The molecule has 0 amide bonds. The van der Waals surface area contributed by atoms with Gasteiger partial charge in [0.05, 0.1) is 6.33 Å². The Kier molecular flexibility index (Phi) is 4.05. The lowest BCUT2D eigenvalue weighted by Gasteiger charge is -2.29. The zero-order valence-corrected chi connectivity index (χ0v) is 12.1. The van der Waals surface area contributed by atoms with Crippen molar-refractivity contribution in [3.05, 3.63) is 12.5 Å². The summed E-state index contributed by atoms with van der Waals surface area (Å²) in [4.78, 5) is 15.2. The number of sulfonamides is 1. The van der Waals surface area contributed by atoms with Gasteiger partial charge < -0.3 is 4.57 Å². The SMILES string of the molecule is CCn1cnc(S(=O)(=O)N2CCC(C(C)=O)CC2)c1. The van der Waals surface area contributed by atoms with Crippen LogP contribution in [0.15, 0.2) is 17.6 Å². The molecule has 0 aromatic carbocycles. The Hall–Kier alpha value is -1.21. The van der Waals surface area contributed by atoms with E-state index in [9.17, 15) is 13.2 Å². The van der Waals surface area contributed by atoms with Gasteiger partial charge in [0.15, 0.2) is 5.03 Å². The fraction of sp³-hybridized carbons (Fsp3) is 0.667. The summed E-state index contributed by atoms with van der Waals surface area (Å²) in [6.07, 6.45) is 4.27. The van der Waals surface area contributed by atoms with Crippen LogP contribution in [0.4, 0.5) is 0 Å². The molecule has 7 heteroatoms. The highest BCUT2D eigenvalue weighted by molar-refractivity contribution is 7.89. The van der Waals surface area contributed by atoms with Crippen molar-refractivity contribution in [1.82, 2.24) is 13.9 Å². The predicted molar refractivity (Wildman–Crippen MR) is 70.1 cm³/mol. The zero-order chi connectivity index (χ0) is 14.0. The number of hydrogen-bond acceptors (Lipinski definition) is 4. The highest BCUT2D eigenvalue weighted by Crippen LogP contribution is 2.23. The van der Waals surface area contributed by atoms with Crippen molar-refractivity contribution in [1.29, 1.82) is 0 Å². The Morgan fingerprint density at radius 1 is 1.42 bits per heavy atom. The van der Waals surface area contributed by atoms with Gasteiger partial charge in [-0.15, -0.1) is 0 Å². The Morgan fingerprint density at radius 2 is 2.05 bits per heavy atom. The summed E-state index contributed by atoms with van der Waals surface area (Å²) >= 11 is 0. The smallest absolute Gasteiger partial charge is 0.262 e. The number of aromatic nitrogens is 2. The van der Waals surface area contributed by atoms with Crippen LogP contribution in [0.25, 0.3) is 0 Å². The number of carbonyl (C=O) groups is 1. The van der Waals surface area contributed by atoms with Gasteiger partial charge in [-0.1, -0.05) is 0 Å². The van der Waals surface area contributed by atoms with Crippen molar-refractivity contribution in [3.63, 3.8) is 0 Å². The lowest BCUT2D eigenvalue weighted by molar-refractivity contribution is -0.121. The summed E-state index contributed by atoms with van der Waals surface area (Å²) in [5.41, 5.74) is 0. The summed E-state index contributed by atoms with van der Waals surface area (Å²) in [6, 6.07) is 0. The van der Waals surface area contributed by atoms with Crippen LogP contribution in [0.5, 0.6) is 0 Å². The molecule has 1 fully saturated rings. The maximum absolute atomic E-state index is 12.4. The van der Waals surface area contributed by atoms with Gasteiger partial charge >= 0.3 is 0 Å². The second kappa shape index (κ2) is 5.42. The first-order valence-corrected chi connectivity index (χ1v) is 7.91. The van der Waals surface area contributed by atoms with E-state index in [0.29, 0.717) is 32.5 Å². The van der Waals surface area contributed by atoms with Crippen LogP contribution >= 0.6 is 0 Å². The Morgan fingerprint density at radius 3 is 2.53 bits per heavy atom. The van der Waals surface area contributed by atoms with E-state index in [0.717, 1.165) is 0 Å². The zero-order valence-electron chi connectivity index (χ0n) is 11.2. The minimum atomic E-state index is -3.51. The number of nitrogens with zero attached hydrogens (tertiary/aromatic N) is 3. The van der Waals surface area contributed by atoms with E-state index < -0.39 is 10.0 Å². The lowest BCUT2D eigenvalue weighted by Crippen LogP contribution is -2.40. The molecule has 0 radical (unpaired) electrons. The molecule has 1 aliphatic rings. The first-order chi connectivity index (χ1) is 8.95. The van der Waals surface area contributed by atoms with Gasteiger partial charge in [-0.25, -0.2) is 13.4 Å². The lowest BCUT2D eigenvalue weighted by atomic mass is 9.95. The summed E-state index contributed by atoms with van der Waals surface area (Å²) in [5, 5.41) is 0.0932. The van der Waals surface area contributed by atoms with E-state index in [1.54, 1.807) is 17.7 Å². The Balaban J connectivity index is 2.11. The summed E-state index contributed by atoms with van der Waals surface area (Å²) in [7, 11) is -3.51. The average molecular weight is 285 g/mol. The third kappa shape index (κ3) is 2.87. The molecule has 0 bridgehead atoms. The van der Waals surface area contributed by atoms with Crippen LogP contribution in [0.2, 0.25) is 0 Å². The fourth-order valence-corrected chi connectivity index (χ4v) is 3.69. The normalized spacial score (nSPS) is 18.6. The van der Waals surface area contributed by atoms with Crippen molar-refractivity contribution in [2.45, 2.75) is 38.3 Å². The van der Waals surface area contributed by atoms with E-state index >= 15 is 0 Å². The van der Waals surface area contributed by atoms with Gasteiger partial charge in [-0.3, -0.25) is 4.79 Å². The number of hydrogen-bond donors (Lipinski definition) is 0. The van der Waals surface area contributed by atoms with E-state index in [1.165, 1.54) is 10.6 Å². The number of aryl methyl sites for hydroxylation is 1. The third-order valence-electron chi connectivity index (χ3n) is 3.61. The van der Waals surface area contributed by atoms with E-state index in [1.807, 2.05) is 6.92 Å². The van der Waals surface area contributed by atoms with Crippen molar-refractivity contribution in [2.24, 2.45) is 5.92 Å². The molecule has 1 saturated heterocycles. The van der Waals surface area contributed by atoms with Crippen molar-refractivity contribution in [2.75, 3.05) is 13.1 Å². The van der Waals surface area contributed by atoms with Crippen LogP contribution in [-0.2, 0) is 21.4 Å². The minimum Gasteiger partial charge on any atom is -0.336 e. The Bertz CT molecular complexity index is 557. The molecular formula is C12H19N3O3S. The molecule has 0 atom stereocenters. The highest BCUT2D eigenvalue weighted by Gasteiger charge is 2.32. The summed E-state index contributed by atoms with van der Waals surface area (Å²) in [5.74, 6) is 0.145. The van der Waals surface area contributed by atoms with Crippen LogP contribution in [0.1, 0.15) is 26.7 Å². The topological polar surface area (TPSA) is 72.3 Å². The molecule has 6 nitrogen and oxygen atoms in total. The first-order valence-electron chi connectivity index (χ1n) is 6.47. The van der Waals surface area contributed by atoms with Gasteiger partial charge in [-0.2, -0.15) is 4.31 Å². The molecule has 0 spiro atoms. The second-order valence-corrected chi connectivity index (χ2v) is 6.72.